The van der Waals surface area contributed by atoms with Crippen molar-refractivity contribution >= 4 is 8.32 Å². The van der Waals surface area contributed by atoms with E-state index in [0.717, 1.165) is 0 Å². The lowest BCUT2D eigenvalue weighted by Gasteiger charge is -2.38. The van der Waals surface area contributed by atoms with E-state index in [-0.39, 0.29) is 24.1 Å². The van der Waals surface area contributed by atoms with E-state index in [9.17, 15) is 9.59 Å². The molecule has 3 heterocycles. The van der Waals surface area contributed by atoms with E-state index in [4.69, 9.17) is 19.4 Å². The Bertz CT molecular complexity index is 900. The maximum Gasteiger partial charge on any atom is 0.330 e. The fourth-order valence-corrected chi connectivity index (χ4v) is 4.45. The first-order chi connectivity index (χ1) is 13.0. The Hall–Kier alpha value is -1.91. The maximum absolute atomic E-state index is 12.2. The van der Waals surface area contributed by atoms with Gasteiger partial charge in [0.1, 0.15) is 11.7 Å². The number of nitrogens with one attached hydrogen (secondary N) is 1. The van der Waals surface area contributed by atoms with Gasteiger partial charge in [-0.25, -0.2) is 4.79 Å². The van der Waals surface area contributed by atoms with Gasteiger partial charge in [-0.2, -0.15) is 0 Å². The summed E-state index contributed by atoms with van der Waals surface area (Å²) in [5.41, 5.74) is 6.89. The highest BCUT2D eigenvalue weighted by Crippen LogP contribution is 2.50. The SMILES string of the molecule is CC(C)(C)[Si](C)(C)OCC1C2OC[C@]1(CN=[N+]=[N-])OC2n1ccc(=O)[nH]c1=O. The minimum atomic E-state index is -2.02. The van der Waals surface area contributed by atoms with Gasteiger partial charge in [-0.05, 0) is 23.7 Å². The van der Waals surface area contributed by atoms with E-state index in [1.54, 1.807) is 0 Å². The number of aromatic nitrogens is 2. The third-order valence-corrected chi connectivity index (χ3v) is 10.7. The molecule has 2 saturated heterocycles. The molecule has 28 heavy (non-hydrogen) atoms. The molecule has 0 radical (unpaired) electrons. The van der Waals surface area contributed by atoms with Crippen molar-refractivity contribution in [1.82, 2.24) is 9.55 Å². The highest BCUT2D eigenvalue weighted by molar-refractivity contribution is 6.74. The summed E-state index contributed by atoms with van der Waals surface area (Å²) in [5, 5.41) is 3.76. The lowest BCUT2D eigenvalue weighted by atomic mass is 9.89. The van der Waals surface area contributed by atoms with Crippen LogP contribution in [0.1, 0.15) is 27.0 Å². The summed E-state index contributed by atoms with van der Waals surface area (Å²) < 4.78 is 19.9. The van der Waals surface area contributed by atoms with Gasteiger partial charge in [-0.1, -0.05) is 25.9 Å². The van der Waals surface area contributed by atoms with E-state index in [1.165, 1.54) is 16.8 Å². The van der Waals surface area contributed by atoms with E-state index in [2.05, 4.69) is 48.9 Å². The molecule has 3 unspecified atom stereocenters. The van der Waals surface area contributed by atoms with Crippen LogP contribution in [0.5, 0.6) is 0 Å². The molecule has 154 valence electrons. The molecule has 0 aliphatic carbocycles. The minimum absolute atomic E-state index is 0.0413. The van der Waals surface area contributed by atoms with Crippen molar-refractivity contribution in [3.63, 3.8) is 0 Å². The summed E-state index contributed by atoms with van der Waals surface area (Å²) in [6, 6.07) is 1.26. The minimum Gasteiger partial charge on any atom is -0.416 e. The van der Waals surface area contributed by atoms with Crippen molar-refractivity contribution in [2.75, 3.05) is 19.8 Å². The first-order valence-electron chi connectivity index (χ1n) is 9.26. The van der Waals surface area contributed by atoms with Crippen LogP contribution in [0.25, 0.3) is 10.4 Å². The summed E-state index contributed by atoms with van der Waals surface area (Å²) >= 11 is 0. The molecular weight excluding hydrogens is 382 g/mol. The van der Waals surface area contributed by atoms with Gasteiger partial charge in [-0.3, -0.25) is 14.3 Å². The van der Waals surface area contributed by atoms with Crippen LogP contribution in [0.15, 0.2) is 27.0 Å². The average Bonchev–Trinajstić information content (AvgIpc) is 3.09. The van der Waals surface area contributed by atoms with Crippen LogP contribution in [0.2, 0.25) is 18.1 Å². The molecule has 3 rings (SSSR count). The van der Waals surface area contributed by atoms with Crippen LogP contribution in [-0.2, 0) is 13.9 Å². The largest absolute Gasteiger partial charge is 0.416 e. The number of azide groups is 1. The Morgan fingerprint density at radius 3 is 2.79 bits per heavy atom. The van der Waals surface area contributed by atoms with Crippen LogP contribution in [0.3, 0.4) is 0 Å². The Labute approximate surface area is 163 Å². The summed E-state index contributed by atoms with van der Waals surface area (Å²) in [5.74, 6) is -0.198. The van der Waals surface area contributed by atoms with Crippen LogP contribution in [-0.4, -0.2) is 49.3 Å². The molecule has 0 aromatic carbocycles. The van der Waals surface area contributed by atoms with Crippen molar-refractivity contribution in [3.8, 4) is 0 Å². The monoisotopic (exact) mass is 409 g/mol. The van der Waals surface area contributed by atoms with Crippen molar-refractivity contribution < 1.29 is 13.9 Å². The highest BCUT2D eigenvalue weighted by atomic mass is 28.4. The molecule has 4 atom stereocenters. The van der Waals surface area contributed by atoms with Gasteiger partial charge in [0, 0.05) is 29.7 Å². The zero-order valence-electron chi connectivity index (χ0n) is 16.8. The molecule has 1 N–H and O–H groups in total. The third kappa shape index (κ3) is 3.56. The van der Waals surface area contributed by atoms with Gasteiger partial charge in [0.15, 0.2) is 14.5 Å². The van der Waals surface area contributed by atoms with Gasteiger partial charge in [0.25, 0.3) is 5.56 Å². The smallest absolute Gasteiger partial charge is 0.330 e. The number of aromatic amines is 1. The first-order valence-corrected chi connectivity index (χ1v) is 12.2. The Morgan fingerprint density at radius 2 is 2.18 bits per heavy atom. The molecule has 0 spiro atoms. The fourth-order valence-electron chi connectivity index (χ4n) is 3.43. The molecular formula is C17H27N5O5Si. The van der Waals surface area contributed by atoms with Crippen molar-refractivity contribution in [1.29, 1.82) is 0 Å². The number of H-pyrrole nitrogens is 1. The molecule has 2 fully saturated rings. The van der Waals surface area contributed by atoms with Crippen LogP contribution in [0.4, 0.5) is 0 Å². The predicted octanol–water partition coefficient (Wildman–Crippen LogP) is 2.15. The van der Waals surface area contributed by atoms with E-state index in [0.29, 0.717) is 6.61 Å². The quantitative estimate of drug-likeness (QED) is 0.333. The Morgan fingerprint density at radius 1 is 1.46 bits per heavy atom. The van der Waals surface area contributed by atoms with Crippen LogP contribution in [0, 0.1) is 5.92 Å². The van der Waals surface area contributed by atoms with Crippen LogP contribution < -0.4 is 11.2 Å². The lowest BCUT2D eigenvalue weighted by Crippen LogP contribution is -2.46. The van der Waals surface area contributed by atoms with Gasteiger partial charge in [0.05, 0.1) is 13.2 Å². The van der Waals surface area contributed by atoms with Gasteiger partial charge < -0.3 is 13.9 Å². The topological polar surface area (TPSA) is 131 Å². The average molecular weight is 410 g/mol. The molecule has 11 heteroatoms. The second kappa shape index (κ2) is 7.16. The second-order valence-electron chi connectivity index (χ2n) is 8.93. The molecule has 10 nitrogen and oxygen atoms in total. The molecule has 0 amide bonds. The summed E-state index contributed by atoms with van der Waals surface area (Å²) in [6.45, 7) is 11.5. The Balaban J connectivity index is 1.90. The van der Waals surface area contributed by atoms with Crippen molar-refractivity contribution in [2.24, 2.45) is 11.0 Å². The van der Waals surface area contributed by atoms with E-state index >= 15 is 0 Å². The number of hydrogen-bond acceptors (Lipinski definition) is 6. The third-order valence-electron chi connectivity index (χ3n) is 6.19. The normalized spacial score (nSPS) is 29.7. The zero-order chi connectivity index (χ0) is 20.7. The fraction of sp³-hybridized carbons (Fsp3) is 0.765. The summed E-state index contributed by atoms with van der Waals surface area (Å²) in [4.78, 5) is 28.7. The van der Waals surface area contributed by atoms with Crippen LogP contribution >= 0.6 is 0 Å². The van der Waals surface area contributed by atoms with Crippen molar-refractivity contribution in [3.05, 3.63) is 43.5 Å². The predicted molar refractivity (Wildman–Crippen MR) is 105 cm³/mol. The van der Waals surface area contributed by atoms with Gasteiger partial charge >= 0.3 is 5.69 Å². The highest BCUT2D eigenvalue weighted by Gasteiger charge is 2.62. The number of nitrogens with zero attached hydrogens (tertiary/aromatic N) is 4. The van der Waals surface area contributed by atoms with Gasteiger partial charge in [0.2, 0.25) is 0 Å². The molecule has 2 aliphatic heterocycles. The van der Waals surface area contributed by atoms with Gasteiger partial charge in [-0.15, -0.1) is 0 Å². The zero-order valence-corrected chi connectivity index (χ0v) is 17.8. The summed E-state index contributed by atoms with van der Waals surface area (Å²) in [7, 11) is -2.02. The molecule has 2 bridgehead atoms. The lowest BCUT2D eigenvalue weighted by molar-refractivity contribution is -0.170. The van der Waals surface area contributed by atoms with E-state index in [1.807, 2.05) is 0 Å². The number of fused-ring (bicyclic) bond motifs is 2. The van der Waals surface area contributed by atoms with Crippen molar-refractivity contribution in [2.45, 2.75) is 56.8 Å². The van der Waals surface area contributed by atoms with E-state index < -0.39 is 37.5 Å². The standard InChI is InChI=1S/C17H27N5O5Si/c1-16(2,3)28(4,5)26-8-11-13-14(22-7-6-12(23)20-15(22)24)27-17(11,10-25-13)9-19-21-18/h6-7,11,13-14H,8-10H2,1-5H3,(H,20,23,24)/t11?,13?,14?,17-/m0/s1. The summed E-state index contributed by atoms with van der Waals surface area (Å²) in [6.07, 6.45) is 0.227. The first kappa shape index (κ1) is 20.8. The molecule has 1 aromatic heterocycles. The number of ether oxygens (including phenoxy) is 2. The molecule has 1 aromatic rings. The maximum atomic E-state index is 12.2. The number of hydrogen-bond donors (Lipinski definition) is 1. The number of rotatable bonds is 6. The second-order valence-corrected chi connectivity index (χ2v) is 13.7. The Kier molecular flexibility index (Phi) is 5.32. The molecule has 2 aliphatic rings. The molecule has 0 saturated carbocycles.